The molecule has 2 nitrogen and oxygen atoms in total. The lowest BCUT2D eigenvalue weighted by molar-refractivity contribution is 0.304. The highest BCUT2D eigenvalue weighted by Gasteiger charge is 1.94. The van der Waals surface area contributed by atoms with Crippen molar-refractivity contribution in [1.82, 2.24) is 0 Å². The third-order valence-corrected chi connectivity index (χ3v) is 2.14. The normalized spacial score (nSPS) is 9.87. The molecule has 0 unspecified atom stereocenters. The maximum Gasteiger partial charge on any atom is 0.122 e. The van der Waals surface area contributed by atoms with Crippen LogP contribution in [0.25, 0.3) is 0 Å². The highest BCUT2D eigenvalue weighted by atomic mass is 16.5. The minimum absolute atomic E-state index is 0.249. The van der Waals surface area contributed by atoms with E-state index in [0.717, 1.165) is 25.0 Å². The molecular formula is C13H18O2. The second-order valence-electron chi connectivity index (χ2n) is 3.48. The average Bonchev–Trinajstić information content (AvgIpc) is 2.23. The molecule has 0 saturated carbocycles. The Morgan fingerprint density at radius 3 is 2.87 bits per heavy atom. The summed E-state index contributed by atoms with van der Waals surface area (Å²) in [4.78, 5) is 0. The first kappa shape index (κ1) is 11.6. The van der Waals surface area contributed by atoms with E-state index >= 15 is 0 Å². The van der Waals surface area contributed by atoms with Crippen LogP contribution in [0, 0.1) is 0 Å². The summed E-state index contributed by atoms with van der Waals surface area (Å²) in [5, 5.41) is 9.19. The molecule has 1 rings (SSSR count). The maximum atomic E-state index is 9.19. The van der Waals surface area contributed by atoms with Gasteiger partial charge in [-0.3, -0.25) is 0 Å². The fourth-order valence-corrected chi connectivity index (χ4v) is 1.33. The average molecular weight is 206 g/mol. The van der Waals surface area contributed by atoms with Crippen molar-refractivity contribution < 1.29 is 9.84 Å². The predicted octanol–water partition coefficient (Wildman–Crippen LogP) is 3.52. The standard InChI is InChI=1S/C13H18O2/c1-2-3-4-5-6-10-15-13-9-7-8-12(14)11-13/h2,7-9,11,14H,1,3-6,10H2. The molecular weight excluding hydrogens is 188 g/mol. The van der Waals surface area contributed by atoms with Crippen molar-refractivity contribution in [2.45, 2.75) is 25.7 Å². The molecule has 1 N–H and O–H groups in total. The summed E-state index contributed by atoms with van der Waals surface area (Å²) in [6, 6.07) is 6.90. The highest BCUT2D eigenvalue weighted by molar-refractivity contribution is 5.31. The van der Waals surface area contributed by atoms with Gasteiger partial charge in [0.2, 0.25) is 0 Å². The lowest BCUT2D eigenvalue weighted by atomic mass is 10.2. The van der Waals surface area contributed by atoms with Gasteiger partial charge in [-0.1, -0.05) is 12.1 Å². The Balaban J connectivity index is 2.12. The molecule has 0 aliphatic carbocycles. The van der Waals surface area contributed by atoms with Crippen molar-refractivity contribution in [3.8, 4) is 11.5 Å². The molecule has 0 heterocycles. The number of benzene rings is 1. The largest absolute Gasteiger partial charge is 0.508 e. The van der Waals surface area contributed by atoms with Gasteiger partial charge in [-0.2, -0.15) is 0 Å². The lowest BCUT2D eigenvalue weighted by Crippen LogP contribution is -1.96. The van der Waals surface area contributed by atoms with Crippen LogP contribution in [-0.4, -0.2) is 11.7 Å². The van der Waals surface area contributed by atoms with Gasteiger partial charge in [0.1, 0.15) is 11.5 Å². The number of aromatic hydroxyl groups is 1. The van der Waals surface area contributed by atoms with Gasteiger partial charge in [-0.25, -0.2) is 0 Å². The summed E-state index contributed by atoms with van der Waals surface area (Å²) in [6.07, 6.45) is 6.39. The summed E-state index contributed by atoms with van der Waals surface area (Å²) in [5.74, 6) is 0.984. The molecule has 0 spiro atoms. The van der Waals surface area contributed by atoms with E-state index in [9.17, 15) is 5.11 Å². The summed E-state index contributed by atoms with van der Waals surface area (Å²) in [5.41, 5.74) is 0. The zero-order valence-corrected chi connectivity index (χ0v) is 8.98. The van der Waals surface area contributed by atoms with E-state index in [1.165, 1.54) is 6.42 Å². The molecule has 0 radical (unpaired) electrons. The Morgan fingerprint density at radius 2 is 2.13 bits per heavy atom. The number of phenolic OH excluding ortho intramolecular Hbond substituents is 1. The molecule has 1 aromatic carbocycles. The molecule has 15 heavy (non-hydrogen) atoms. The Morgan fingerprint density at radius 1 is 1.27 bits per heavy atom. The molecule has 0 saturated heterocycles. The third-order valence-electron chi connectivity index (χ3n) is 2.14. The Hall–Kier alpha value is -1.44. The molecule has 1 aromatic rings. The summed E-state index contributed by atoms with van der Waals surface area (Å²) >= 11 is 0. The number of ether oxygens (including phenoxy) is 1. The topological polar surface area (TPSA) is 29.5 Å². The van der Waals surface area contributed by atoms with E-state index in [1.807, 2.05) is 12.1 Å². The van der Waals surface area contributed by atoms with Crippen LogP contribution in [0.2, 0.25) is 0 Å². The zero-order chi connectivity index (χ0) is 10.9. The summed E-state index contributed by atoms with van der Waals surface area (Å²) < 4.78 is 5.48. The van der Waals surface area contributed by atoms with Crippen LogP contribution in [-0.2, 0) is 0 Å². The van der Waals surface area contributed by atoms with E-state index in [0.29, 0.717) is 6.61 Å². The SMILES string of the molecule is C=CCCCCCOc1cccc(O)c1. The highest BCUT2D eigenvalue weighted by Crippen LogP contribution is 2.17. The summed E-state index contributed by atoms with van der Waals surface area (Å²) in [7, 11) is 0. The van der Waals surface area contributed by atoms with E-state index in [1.54, 1.807) is 18.2 Å². The molecule has 2 heteroatoms. The van der Waals surface area contributed by atoms with Crippen molar-refractivity contribution in [1.29, 1.82) is 0 Å². The first-order valence-electron chi connectivity index (χ1n) is 5.35. The Bertz CT molecular complexity index is 294. The third kappa shape index (κ3) is 5.11. The lowest BCUT2D eigenvalue weighted by Gasteiger charge is -2.05. The van der Waals surface area contributed by atoms with Gasteiger partial charge in [-0.15, -0.1) is 6.58 Å². The van der Waals surface area contributed by atoms with Crippen molar-refractivity contribution in [2.75, 3.05) is 6.61 Å². The van der Waals surface area contributed by atoms with Crippen LogP contribution in [0.15, 0.2) is 36.9 Å². The van der Waals surface area contributed by atoms with Crippen molar-refractivity contribution in [3.63, 3.8) is 0 Å². The maximum absolute atomic E-state index is 9.19. The number of phenols is 1. The fraction of sp³-hybridized carbons (Fsp3) is 0.385. The fourth-order valence-electron chi connectivity index (χ4n) is 1.33. The van der Waals surface area contributed by atoms with Gasteiger partial charge in [-0.05, 0) is 37.8 Å². The first-order valence-corrected chi connectivity index (χ1v) is 5.35. The van der Waals surface area contributed by atoms with Crippen LogP contribution >= 0.6 is 0 Å². The van der Waals surface area contributed by atoms with Crippen LogP contribution in [0.4, 0.5) is 0 Å². The van der Waals surface area contributed by atoms with Crippen LogP contribution in [0.1, 0.15) is 25.7 Å². The minimum Gasteiger partial charge on any atom is -0.508 e. The molecule has 0 amide bonds. The first-order chi connectivity index (χ1) is 7.33. The molecule has 0 atom stereocenters. The smallest absolute Gasteiger partial charge is 0.122 e. The number of hydrogen-bond donors (Lipinski definition) is 1. The van der Waals surface area contributed by atoms with Gasteiger partial charge in [0.05, 0.1) is 6.61 Å². The number of allylic oxidation sites excluding steroid dienone is 1. The predicted molar refractivity (Wildman–Crippen MR) is 62.3 cm³/mol. The van der Waals surface area contributed by atoms with Gasteiger partial charge in [0.15, 0.2) is 0 Å². The molecule has 0 aromatic heterocycles. The molecule has 0 aliphatic heterocycles. The van der Waals surface area contributed by atoms with E-state index in [-0.39, 0.29) is 5.75 Å². The van der Waals surface area contributed by atoms with Crippen molar-refractivity contribution in [3.05, 3.63) is 36.9 Å². The second kappa shape index (κ2) is 6.93. The molecule has 0 bridgehead atoms. The van der Waals surface area contributed by atoms with Gasteiger partial charge < -0.3 is 9.84 Å². The Kier molecular flexibility index (Phi) is 5.38. The molecule has 82 valence electrons. The van der Waals surface area contributed by atoms with E-state index in [2.05, 4.69) is 6.58 Å². The van der Waals surface area contributed by atoms with Gasteiger partial charge in [0.25, 0.3) is 0 Å². The number of hydrogen-bond acceptors (Lipinski definition) is 2. The molecule has 0 aliphatic rings. The summed E-state index contributed by atoms with van der Waals surface area (Å²) in [6.45, 7) is 4.39. The molecule has 0 fully saturated rings. The van der Waals surface area contributed by atoms with Crippen LogP contribution < -0.4 is 4.74 Å². The van der Waals surface area contributed by atoms with Crippen LogP contribution in [0.3, 0.4) is 0 Å². The van der Waals surface area contributed by atoms with Crippen molar-refractivity contribution >= 4 is 0 Å². The zero-order valence-electron chi connectivity index (χ0n) is 8.98. The second-order valence-corrected chi connectivity index (χ2v) is 3.48. The van der Waals surface area contributed by atoms with Crippen molar-refractivity contribution in [2.24, 2.45) is 0 Å². The Labute approximate surface area is 91.2 Å². The van der Waals surface area contributed by atoms with E-state index < -0.39 is 0 Å². The minimum atomic E-state index is 0.249. The van der Waals surface area contributed by atoms with Gasteiger partial charge >= 0.3 is 0 Å². The van der Waals surface area contributed by atoms with Gasteiger partial charge in [0, 0.05) is 6.07 Å². The van der Waals surface area contributed by atoms with Crippen LogP contribution in [0.5, 0.6) is 11.5 Å². The monoisotopic (exact) mass is 206 g/mol. The van der Waals surface area contributed by atoms with E-state index in [4.69, 9.17) is 4.74 Å². The quantitative estimate of drug-likeness (QED) is 0.546. The number of unbranched alkanes of at least 4 members (excludes halogenated alkanes) is 3. The number of rotatable bonds is 7.